The van der Waals surface area contributed by atoms with Crippen molar-refractivity contribution in [3.8, 4) is 0 Å². The molecule has 1 aromatic carbocycles. The van der Waals surface area contributed by atoms with Gasteiger partial charge in [-0.05, 0) is 24.3 Å². The molecule has 0 spiro atoms. The Morgan fingerprint density at radius 2 is 2.00 bits per heavy atom. The summed E-state index contributed by atoms with van der Waals surface area (Å²) < 4.78 is 5.40. The highest BCUT2D eigenvalue weighted by molar-refractivity contribution is 5.75. The minimum absolute atomic E-state index is 0.115. The summed E-state index contributed by atoms with van der Waals surface area (Å²) in [5.74, 6) is 0.658. The third kappa shape index (κ3) is 8.38. The largest absolute Gasteiger partial charge is 0.379 e. The first-order chi connectivity index (χ1) is 9.18. The van der Waals surface area contributed by atoms with Gasteiger partial charge in [0.05, 0.1) is 6.61 Å². The summed E-state index contributed by atoms with van der Waals surface area (Å²) in [7, 11) is 0. The van der Waals surface area contributed by atoms with Crippen LogP contribution in [0.15, 0.2) is 30.3 Å². The lowest BCUT2D eigenvalue weighted by molar-refractivity contribution is -0.121. The van der Waals surface area contributed by atoms with Gasteiger partial charge >= 0.3 is 0 Å². The number of ether oxygens (including phenoxy) is 1. The molecule has 0 atom stereocenters. The van der Waals surface area contributed by atoms with Crippen molar-refractivity contribution in [3.63, 3.8) is 0 Å². The Balaban J connectivity index is 1.99. The predicted octanol–water partition coefficient (Wildman–Crippen LogP) is 2.80. The highest BCUT2D eigenvalue weighted by Crippen LogP contribution is 2.04. The number of hydrogen-bond acceptors (Lipinski definition) is 2. The van der Waals surface area contributed by atoms with E-state index in [4.69, 9.17) is 4.74 Å². The molecule has 0 aromatic heterocycles. The molecule has 0 aliphatic rings. The number of hydrogen-bond donors (Lipinski definition) is 1. The average Bonchev–Trinajstić information content (AvgIpc) is 2.39. The smallest absolute Gasteiger partial charge is 0.220 e. The van der Waals surface area contributed by atoms with Crippen LogP contribution in [-0.2, 0) is 16.0 Å². The number of carbonyl (C=O) groups excluding carboxylic acids is 1. The van der Waals surface area contributed by atoms with Gasteiger partial charge in [-0.1, -0.05) is 44.2 Å². The first-order valence-electron chi connectivity index (χ1n) is 7.07. The van der Waals surface area contributed by atoms with Crippen LogP contribution < -0.4 is 5.32 Å². The average molecular weight is 263 g/mol. The lowest BCUT2D eigenvalue weighted by Gasteiger charge is -2.08. The van der Waals surface area contributed by atoms with E-state index in [2.05, 4.69) is 31.3 Å². The Hall–Kier alpha value is -1.35. The second kappa shape index (κ2) is 9.56. The summed E-state index contributed by atoms with van der Waals surface area (Å²) in [4.78, 5) is 11.6. The number of nitrogens with one attached hydrogen (secondary N) is 1. The van der Waals surface area contributed by atoms with Crippen LogP contribution in [0.25, 0.3) is 0 Å². The van der Waals surface area contributed by atoms with Crippen molar-refractivity contribution in [3.05, 3.63) is 35.9 Å². The van der Waals surface area contributed by atoms with Crippen molar-refractivity contribution in [2.24, 2.45) is 5.92 Å². The van der Waals surface area contributed by atoms with Crippen LogP contribution in [0.5, 0.6) is 0 Å². The second-order valence-electron chi connectivity index (χ2n) is 5.16. The van der Waals surface area contributed by atoms with Gasteiger partial charge < -0.3 is 10.1 Å². The fourth-order valence-corrected chi connectivity index (χ4v) is 1.77. The summed E-state index contributed by atoms with van der Waals surface area (Å²) in [6, 6.07) is 10.3. The van der Waals surface area contributed by atoms with Crippen LogP contribution in [0.3, 0.4) is 0 Å². The van der Waals surface area contributed by atoms with E-state index in [1.165, 1.54) is 5.56 Å². The normalized spacial score (nSPS) is 10.7. The Kier molecular flexibility index (Phi) is 7.91. The number of benzene rings is 1. The molecule has 1 rings (SSSR count). The minimum atomic E-state index is 0.115. The van der Waals surface area contributed by atoms with Gasteiger partial charge in [0.1, 0.15) is 0 Å². The number of carbonyl (C=O) groups is 1. The number of aryl methyl sites for hydroxylation is 1. The first kappa shape index (κ1) is 15.7. The summed E-state index contributed by atoms with van der Waals surface area (Å²) in [6.45, 7) is 6.19. The fraction of sp³-hybridized carbons (Fsp3) is 0.562. The van der Waals surface area contributed by atoms with Gasteiger partial charge in [-0.3, -0.25) is 4.79 Å². The molecule has 0 unspecified atom stereocenters. The maximum Gasteiger partial charge on any atom is 0.220 e. The summed E-state index contributed by atoms with van der Waals surface area (Å²) in [5.41, 5.74) is 1.29. The monoisotopic (exact) mass is 263 g/mol. The van der Waals surface area contributed by atoms with E-state index < -0.39 is 0 Å². The summed E-state index contributed by atoms with van der Waals surface area (Å²) in [6.07, 6.45) is 2.43. The summed E-state index contributed by atoms with van der Waals surface area (Å²) in [5, 5.41) is 2.88. The Morgan fingerprint density at radius 1 is 1.26 bits per heavy atom. The molecule has 1 N–H and O–H groups in total. The van der Waals surface area contributed by atoms with Crippen LogP contribution in [0.1, 0.15) is 32.3 Å². The van der Waals surface area contributed by atoms with E-state index in [0.717, 1.165) is 19.4 Å². The molecule has 0 aliphatic carbocycles. The van der Waals surface area contributed by atoms with Gasteiger partial charge in [0.15, 0.2) is 0 Å². The van der Waals surface area contributed by atoms with Crippen molar-refractivity contribution >= 4 is 5.91 Å². The minimum Gasteiger partial charge on any atom is -0.379 e. The number of amides is 1. The molecule has 106 valence electrons. The van der Waals surface area contributed by atoms with E-state index >= 15 is 0 Å². The molecule has 0 saturated heterocycles. The highest BCUT2D eigenvalue weighted by atomic mass is 16.5. The zero-order chi connectivity index (χ0) is 13.9. The van der Waals surface area contributed by atoms with Crippen molar-refractivity contribution < 1.29 is 9.53 Å². The van der Waals surface area contributed by atoms with E-state index in [9.17, 15) is 4.79 Å². The molecule has 0 heterocycles. The third-order valence-corrected chi connectivity index (χ3v) is 2.73. The molecular formula is C16H25NO2. The van der Waals surface area contributed by atoms with Crippen molar-refractivity contribution in [1.29, 1.82) is 0 Å². The van der Waals surface area contributed by atoms with Crippen LogP contribution in [0.2, 0.25) is 0 Å². The Bertz CT molecular complexity index is 349. The topological polar surface area (TPSA) is 38.3 Å². The zero-order valence-electron chi connectivity index (χ0n) is 12.0. The molecule has 0 aliphatic heterocycles. The molecule has 3 nitrogen and oxygen atoms in total. The SMILES string of the molecule is CC(C)COCCNC(=O)CCCc1ccccc1. The van der Waals surface area contributed by atoms with Gasteiger partial charge in [-0.25, -0.2) is 0 Å². The lowest BCUT2D eigenvalue weighted by atomic mass is 10.1. The fourth-order valence-electron chi connectivity index (χ4n) is 1.77. The zero-order valence-corrected chi connectivity index (χ0v) is 12.0. The van der Waals surface area contributed by atoms with E-state index in [1.807, 2.05) is 18.2 Å². The van der Waals surface area contributed by atoms with Crippen LogP contribution in [0.4, 0.5) is 0 Å². The first-order valence-corrected chi connectivity index (χ1v) is 7.07. The van der Waals surface area contributed by atoms with Crippen molar-refractivity contribution in [2.75, 3.05) is 19.8 Å². The maximum atomic E-state index is 11.6. The maximum absolute atomic E-state index is 11.6. The van der Waals surface area contributed by atoms with Crippen molar-refractivity contribution in [2.45, 2.75) is 33.1 Å². The highest BCUT2D eigenvalue weighted by Gasteiger charge is 2.01. The van der Waals surface area contributed by atoms with Crippen LogP contribution >= 0.6 is 0 Å². The standard InChI is InChI=1S/C16H25NO2/c1-14(2)13-19-12-11-17-16(18)10-6-9-15-7-4-3-5-8-15/h3-5,7-8,14H,6,9-13H2,1-2H3,(H,17,18). The van der Waals surface area contributed by atoms with E-state index in [0.29, 0.717) is 25.5 Å². The van der Waals surface area contributed by atoms with Gasteiger partial charge in [0, 0.05) is 19.6 Å². The molecule has 1 aromatic rings. The Labute approximate surface area is 116 Å². The van der Waals surface area contributed by atoms with Gasteiger partial charge in [0.25, 0.3) is 0 Å². The number of rotatable bonds is 9. The molecule has 0 radical (unpaired) electrons. The van der Waals surface area contributed by atoms with Crippen LogP contribution in [0, 0.1) is 5.92 Å². The lowest BCUT2D eigenvalue weighted by Crippen LogP contribution is -2.27. The molecule has 3 heteroatoms. The quantitative estimate of drug-likeness (QED) is 0.696. The van der Waals surface area contributed by atoms with E-state index in [1.54, 1.807) is 0 Å². The molecule has 1 amide bonds. The molecular weight excluding hydrogens is 238 g/mol. The Morgan fingerprint density at radius 3 is 2.68 bits per heavy atom. The van der Waals surface area contributed by atoms with Gasteiger partial charge in [-0.15, -0.1) is 0 Å². The van der Waals surface area contributed by atoms with E-state index in [-0.39, 0.29) is 5.91 Å². The van der Waals surface area contributed by atoms with Gasteiger partial charge in [-0.2, -0.15) is 0 Å². The molecule has 0 fully saturated rings. The van der Waals surface area contributed by atoms with Crippen molar-refractivity contribution in [1.82, 2.24) is 5.32 Å². The predicted molar refractivity (Wildman–Crippen MR) is 78.0 cm³/mol. The summed E-state index contributed by atoms with van der Waals surface area (Å²) >= 11 is 0. The third-order valence-electron chi connectivity index (χ3n) is 2.73. The van der Waals surface area contributed by atoms with Crippen LogP contribution in [-0.4, -0.2) is 25.7 Å². The second-order valence-corrected chi connectivity index (χ2v) is 5.16. The molecule has 0 saturated carbocycles. The molecule has 0 bridgehead atoms. The molecule has 19 heavy (non-hydrogen) atoms. The van der Waals surface area contributed by atoms with Gasteiger partial charge in [0.2, 0.25) is 5.91 Å².